The van der Waals surface area contributed by atoms with Crippen LogP contribution in [0.2, 0.25) is 0 Å². The molecule has 2 aliphatic heterocycles. The van der Waals surface area contributed by atoms with Crippen molar-refractivity contribution in [2.75, 3.05) is 36.5 Å². The Hall–Kier alpha value is -3.32. The van der Waals surface area contributed by atoms with Gasteiger partial charge in [0.2, 0.25) is 5.91 Å². The molecule has 6 nitrogen and oxygen atoms in total. The number of hydrogen-bond acceptors (Lipinski definition) is 5. The van der Waals surface area contributed by atoms with Gasteiger partial charge in [0, 0.05) is 48.3 Å². The van der Waals surface area contributed by atoms with Crippen LogP contribution in [0.5, 0.6) is 5.75 Å². The first-order chi connectivity index (χ1) is 16.7. The van der Waals surface area contributed by atoms with Crippen LogP contribution < -0.4 is 15.0 Å². The van der Waals surface area contributed by atoms with Gasteiger partial charge in [-0.05, 0) is 72.7 Å². The minimum atomic E-state index is -0.0853. The molecule has 1 aromatic heterocycles. The number of carbonyl (C=O) groups excluding carboxylic acids is 2. The number of carbonyl (C=O) groups is 2. The number of nitrogens with one attached hydrogen (secondary N) is 1. The van der Waals surface area contributed by atoms with Crippen LogP contribution in [0.1, 0.15) is 23.3 Å². The van der Waals surface area contributed by atoms with Gasteiger partial charge in [-0.2, -0.15) is 0 Å². The van der Waals surface area contributed by atoms with Crippen molar-refractivity contribution >= 4 is 34.5 Å². The molecule has 1 saturated heterocycles. The normalized spacial score (nSPS) is 16.1. The summed E-state index contributed by atoms with van der Waals surface area (Å²) in [7, 11) is 0. The predicted octanol–water partition coefficient (Wildman–Crippen LogP) is 4.57. The van der Waals surface area contributed by atoms with Crippen molar-refractivity contribution in [1.29, 1.82) is 0 Å². The molecule has 176 valence electrons. The van der Waals surface area contributed by atoms with Crippen LogP contribution in [0.15, 0.2) is 66.0 Å². The first-order valence-corrected chi connectivity index (χ1v) is 12.7. The van der Waals surface area contributed by atoms with Gasteiger partial charge in [-0.1, -0.05) is 18.2 Å². The van der Waals surface area contributed by atoms with Crippen molar-refractivity contribution in [2.45, 2.75) is 25.8 Å². The molecule has 0 spiro atoms. The molecular weight excluding hydrogens is 446 g/mol. The minimum absolute atomic E-state index is 0.0258. The molecule has 5 rings (SSSR count). The van der Waals surface area contributed by atoms with Crippen molar-refractivity contribution in [3.8, 4) is 5.75 Å². The number of piperidine rings is 1. The zero-order valence-corrected chi connectivity index (χ0v) is 19.9. The highest BCUT2D eigenvalue weighted by molar-refractivity contribution is 7.10. The van der Waals surface area contributed by atoms with E-state index in [0.717, 1.165) is 25.2 Å². The molecule has 0 unspecified atom stereocenters. The quantitative estimate of drug-likeness (QED) is 0.568. The van der Waals surface area contributed by atoms with Crippen molar-refractivity contribution in [3.63, 3.8) is 0 Å². The number of likely N-dealkylation sites (tertiary alicyclic amines) is 1. The highest BCUT2D eigenvalue weighted by atomic mass is 32.1. The van der Waals surface area contributed by atoms with Gasteiger partial charge in [-0.25, -0.2) is 0 Å². The highest BCUT2D eigenvalue weighted by Crippen LogP contribution is 2.29. The summed E-state index contributed by atoms with van der Waals surface area (Å²) >= 11 is 1.85. The molecule has 1 N–H and O–H groups in total. The predicted molar refractivity (Wildman–Crippen MR) is 135 cm³/mol. The lowest BCUT2D eigenvalue weighted by Crippen LogP contribution is -2.43. The smallest absolute Gasteiger partial charge is 0.260 e. The van der Waals surface area contributed by atoms with Gasteiger partial charge in [0.25, 0.3) is 5.91 Å². The maximum absolute atomic E-state index is 12.8. The topological polar surface area (TPSA) is 61.9 Å². The standard InChI is InChI=1S/C27H29N3O3S/c31-26(19-33-24-4-2-1-3-5-24)29-14-10-20(11-15-29)27(32)28-22-6-8-23(9-7-22)30-16-12-25-21(18-30)13-17-34-25/h1-9,13,17,20H,10-12,14-16,18-19H2,(H,28,32). The third-order valence-corrected chi connectivity index (χ3v) is 7.65. The number of anilines is 2. The summed E-state index contributed by atoms with van der Waals surface area (Å²) in [5, 5.41) is 5.23. The van der Waals surface area contributed by atoms with Crippen molar-refractivity contribution in [3.05, 3.63) is 76.5 Å². The lowest BCUT2D eigenvalue weighted by molar-refractivity contribution is -0.136. The van der Waals surface area contributed by atoms with Gasteiger partial charge in [-0.15, -0.1) is 11.3 Å². The number of ether oxygens (including phenoxy) is 1. The Labute approximate surface area is 204 Å². The number of nitrogens with zero attached hydrogens (tertiary/aromatic N) is 2. The van der Waals surface area contributed by atoms with E-state index in [4.69, 9.17) is 4.74 Å². The molecule has 7 heteroatoms. The Morgan fingerprint density at radius 2 is 1.74 bits per heavy atom. The molecule has 0 aliphatic carbocycles. The number of para-hydroxylation sites is 1. The third-order valence-electron chi connectivity index (χ3n) is 6.63. The Balaban J connectivity index is 1.08. The summed E-state index contributed by atoms with van der Waals surface area (Å²) in [4.78, 5) is 30.9. The minimum Gasteiger partial charge on any atom is -0.484 e. The van der Waals surface area contributed by atoms with Gasteiger partial charge >= 0.3 is 0 Å². The van der Waals surface area contributed by atoms with E-state index in [2.05, 4.69) is 33.8 Å². The van der Waals surface area contributed by atoms with Crippen LogP contribution >= 0.6 is 11.3 Å². The van der Waals surface area contributed by atoms with Crippen molar-refractivity contribution in [2.24, 2.45) is 5.92 Å². The molecular formula is C27H29N3O3S. The Kier molecular flexibility index (Phi) is 6.81. The average Bonchev–Trinajstić information content (AvgIpc) is 3.36. The number of amides is 2. The molecule has 2 aromatic carbocycles. The van der Waals surface area contributed by atoms with E-state index in [1.807, 2.05) is 53.8 Å². The van der Waals surface area contributed by atoms with E-state index >= 15 is 0 Å². The van der Waals surface area contributed by atoms with Crippen molar-refractivity contribution < 1.29 is 14.3 Å². The summed E-state index contributed by atoms with van der Waals surface area (Å²) in [6.07, 6.45) is 2.42. The summed E-state index contributed by atoms with van der Waals surface area (Å²) in [5.74, 6) is 0.595. The van der Waals surface area contributed by atoms with E-state index in [9.17, 15) is 9.59 Å². The summed E-state index contributed by atoms with van der Waals surface area (Å²) < 4.78 is 5.57. The fourth-order valence-corrected chi connectivity index (χ4v) is 5.50. The SMILES string of the molecule is O=C(Nc1ccc(N2CCc3sccc3C2)cc1)C1CCN(C(=O)COc2ccccc2)CC1. The lowest BCUT2D eigenvalue weighted by Gasteiger charge is -2.31. The van der Waals surface area contributed by atoms with E-state index < -0.39 is 0 Å². The van der Waals surface area contributed by atoms with Gasteiger partial charge in [0.05, 0.1) is 0 Å². The second-order valence-corrected chi connectivity index (χ2v) is 9.83. The van der Waals surface area contributed by atoms with Crippen LogP contribution in [0.4, 0.5) is 11.4 Å². The first-order valence-electron chi connectivity index (χ1n) is 11.8. The van der Waals surface area contributed by atoms with E-state index in [-0.39, 0.29) is 24.3 Å². The zero-order valence-electron chi connectivity index (χ0n) is 19.1. The second-order valence-electron chi connectivity index (χ2n) is 8.83. The Morgan fingerprint density at radius 3 is 2.50 bits per heavy atom. The van der Waals surface area contributed by atoms with E-state index in [1.165, 1.54) is 16.1 Å². The number of rotatable bonds is 6. The number of hydrogen-bond donors (Lipinski definition) is 1. The largest absolute Gasteiger partial charge is 0.484 e. The molecule has 2 amide bonds. The number of benzene rings is 2. The summed E-state index contributed by atoms with van der Waals surface area (Å²) in [6.45, 7) is 3.14. The molecule has 3 heterocycles. The average molecular weight is 476 g/mol. The van der Waals surface area contributed by atoms with E-state index in [0.29, 0.717) is 31.7 Å². The van der Waals surface area contributed by atoms with Crippen LogP contribution in [0.3, 0.4) is 0 Å². The van der Waals surface area contributed by atoms with Gasteiger partial charge in [0.1, 0.15) is 5.75 Å². The summed E-state index contributed by atoms with van der Waals surface area (Å²) in [5.41, 5.74) is 3.42. The molecule has 0 atom stereocenters. The molecule has 0 bridgehead atoms. The second kappa shape index (κ2) is 10.3. The third kappa shape index (κ3) is 5.25. The maximum atomic E-state index is 12.8. The van der Waals surface area contributed by atoms with Crippen LogP contribution in [0, 0.1) is 5.92 Å². The Bertz CT molecular complexity index is 1120. The van der Waals surface area contributed by atoms with Crippen LogP contribution in [-0.4, -0.2) is 43.0 Å². The molecule has 3 aromatic rings. The van der Waals surface area contributed by atoms with Gasteiger partial charge in [-0.3, -0.25) is 9.59 Å². The fraction of sp³-hybridized carbons (Fsp3) is 0.333. The fourth-order valence-electron chi connectivity index (χ4n) is 4.61. The number of thiophene rings is 1. The van der Waals surface area contributed by atoms with E-state index in [1.54, 1.807) is 4.90 Å². The highest BCUT2D eigenvalue weighted by Gasteiger charge is 2.27. The number of fused-ring (bicyclic) bond motifs is 1. The molecule has 0 saturated carbocycles. The van der Waals surface area contributed by atoms with Gasteiger partial charge in [0.15, 0.2) is 6.61 Å². The van der Waals surface area contributed by atoms with Gasteiger partial charge < -0.3 is 19.9 Å². The molecule has 1 fully saturated rings. The van der Waals surface area contributed by atoms with Crippen LogP contribution in [0.25, 0.3) is 0 Å². The monoisotopic (exact) mass is 475 g/mol. The molecule has 0 radical (unpaired) electrons. The maximum Gasteiger partial charge on any atom is 0.260 e. The van der Waals surface area contributed by atoms with Crippen LogP contribution in [-0.2, 0) is 22.6 Å². The summed E-state index contributed by atoms with van der Waals surface area (Å²) in [6, 6.07) is 19.7. The molecule has 34 heavy (non-hydrogen) atoms. The Morgan fingerprint density at radius 1 is 0.971 bits per heavy atom. The lowest BCUT2D eigenvalue weighted by atomic mass is 9.95. The zero-order chi connectivity index (χ0) is 23.3. The first kappa shape index (κ1) is 22.5. The van der Waals surface area contributed by atoms with Crippen molar-refractivity contribution in [1.82, 2.24) is 4.90 Å². The molecule has 2 aliphatic rings.